The first kappa shape index (κ1) is 14.6. The van der Waals surface area contributed by atoms with Gasteiger partial charge >= 0.3 is 6.03 Å². The van der Waals surface area contributed by atoms with Crippen molar-refractivity contribution in [3.63, 3.8) is 0 Å². The van der Waals surface area contributed by atoms with Gasteiger partial charge in [0.2, 0.25) is 0 Å². The molecule has 1 unspecified atom stereocenters. The Bertz CT molecular complexity index is 253. The van der Waals surface area contributed by atoms with Crippen molar-refractivity contribution >= 4 is 17.8 Å². The van der Waals surface area contributed by atoms with E-state index in [4.69, 9.17) is 5.73 Å². The van der Waals surface area contributed by atoms with Crippen molar-refractivity contribution in [1.82, 2.24) is 10.2 Å². The number of nitrogens with one attached hydrogen (secondary N) is 1. The monoisotopic (exact) mass is 261 g/mol. The Labute approximate surface area is 107 Å². The lowest BCUT2D eigenvalue weighted by Gasteiger charge is -2.33. The van der Waals surface area contributed by atoms with Crippen LogP contribution in [0.5, 0.6) is 0 Å². The summed E-state index contributed by atoms with van der Waals surface area (Å²) in [5, 5.41) is 13.4. The van der Waals surface area contributed by atoms with Crippen LogP contribution in [0.15, 0.2) is 0 Å². The van der Waals surface area contributed by atoms with Gasteiger partial charge in [-0.1, -0.05) is 0 Å². The quantitative estimate of drug-likeness (QED) is 0.662. The van der Waals surface area contributed by atoms with Crippen LogP contribution in [0.2, 0.25) is 0 Å². The van der Waals surface area contributed by atoms with Gasteiger partial charge in [-0.3, -0.25) is 0 Å². The molecule has 0 aromatic carbocycles. The summed E-state index contributed by atoms with van der Waals surface area (Å²) in [6, 6.07) is 0.0387. The fourth-order valence-electron chi connectivity index (χ4n) is 2.03. The zero-order valence-electron chi connectivity index (χ0n) is 10.6. The fraction of sp³-hybridized carbons (Fsp3) is 0.909. The number of rotatable bonds is 5. The van der Waals surface area contributed by atoms with Crippen LogP contribution in [0, 0.1) is 0 Å². The van der Waals surface area contributed by atoms with E-state index in [1.165, 1.54) is 0 Å². The Morgan fingerprint density at radius 1 is 1.59 bits per heavy atom. The van der Waals surface area contributed by atoms with Crippen molar-refractivity contribution in [2.24, 2.45) is 5.73 Å². The SMILES string of the molecule is CSCC(C)(O)CNC1CCN(C(N)=O)CC1. The maximum absolute atomic E-state index is 10.9. The zero-order valence-corrected chi connectivity index (χ0v) is 11.4. The molecule has 0 aliphatic carbocycles. The van der Waals surface area contributed by atoms with Crippen molar-refractivity contribution in [3.8, 4) is 0 Å². The van der Waals surface area contributed by atoms with Crippen molar-refractivity contribution in [1.29, 1.82) is 0 Å². The molecule has 0 aromatic rings. The lowest BCUT2D eigenvalue weighted by molar-refractivity contribution is 0.0776. The number of primary amides is 1. The number of nitrogens with zero attached hydrogens (tertiary/aromatic N) is 1. The summed E-state index contributed by atoms with van der Waals surface area (Å²) in [6.07, 6.45) is 3.79. The molecule has 17 heavy (non-hydrogen) atoms. The molecule has 1 rings (SSSR count). The molecule has 1 aliphatic heterocycles. The van der Waals surface area contributed by atoms with Crippen molar-refractivity contribution < 1.29 is 9.90 Å². The fourth-order valence-corrected chi connectivity index (χ4v) is 2.75. The summed E-state index contributed by atoms with van der Waals surface area (Å²) < 4.78 is 0. The molecule has 0 aromatic heterocycles. The molecule has 1 atom stereocenters. The van der Waals surface area contributed by atoms with Gasteiger partial charge in [-0.2, -0.15) is 11.8 Å². The van der Waals surface area contributed by atoms with Gasteiger partial charge in [-0.25, -0.2) is 4.79 Å². The number of hydrogen-bond acceptors (Lipinski definition) is 4. The van der Waals surface area contributed by atoms with E-state index < -0.39 is 5.60 Å². The lowest BCUT2D eigenvalue weighted by Crippen LogP contribution is -2.50. The first-order valence-electron chi connectivity index (χ1n) is 5.94. The molecule has 1 fully saturated rings. The van der Waals surface area contributed by atoms with Gasteiger partial charge in [-0.15, -0.1) is 0 Å². The third-order valence-electron chi connectivity index (χ3n) is 3.03. The number of amides is 2. The third kappa shape index (κ3) is 5.14. The molecule has 1 heterocycles. The minimum atomic E-state index is -0.666. The highest BCUT2D eigenvalue weighted by Crippen LogP contribution is 2.13. The Morgan fingerprint density at radius 2 is 2.18 bits per heavy atom. The highest BCUT2D eigenvalue weighted by atomic mass is 32.2. The second-order valence-corrected chi connectivity index (χ2v) is 5.78. The van der Waals surface area contributed by atoms with Crippen LogP contribution in [-0.4, -0.2) is 59.3 Å². The largest absolute Gasteiger partial charge is 0.388 e. The van der Waals surface area contributed by atoms with E-state index in [0.717, 1.165) is 18.6 Å². The summed E-state index contributed by atoms with van der Waals surface area (Å²) in [5.41, 5.74) is 4.55. The molecule has 6 heteroatoms. The van der Waals surface area contributed by atoms with Crippen molar-refractivity contribution in [2.45, 2.75) is 31.4 Å². The minimum Gasteiger partial charge on any atom is -0.388 e. The van der Waals surface area contributed by atoms with Crippen LogP contribution in [0.3, 0.4) is 0 Å². The number of urea groups is 1. The molecule has 4 N–H and O–H groups in total. The van der Waals surface area contributed by atoms with Gasteiger partial charge < -0.3 is 21.1 Å². The predicted octanol–water partition coefficient (Wildman–Crippen LogP) is 0.233. The normalized spacial score (nSPS) is 21.2. The number of carbonyl (C=O) groups is 1. The summed E-state index contributed by atoms with van der Waals surface area (Å²) in [7, 11) is 0. The Morgan fingerprint density at radius 3 is 2.65 bits per heavy atom. The van der Waals surface area contributed by atoms with Crippen LogP contribution in [0.25, 0.3) is 0 Å². The Hall–Kier alpha value is -0.460. The van der Waals surface area contributed by atoms with E-state index in [1.807, 2.05) is 13.2 Å². The van der Waals surface area contributed by atoms with E-state index in [2.05, 4.69) is 5.32 Å². The Kier molecular flexibility index (Phi) is 5.55. The third-order valence-corrected chi connectivity index (χ3v) is 3.94. The Balaban J connectivity index is 2.24. The van der Waals surface area contributed by atoms with Crippen LogP contribution in [0.1, 0.15) is 19.8 Å². The minimum absolute atomic E-state index is 0.335. The number of aliphatic hydroxyl groups is 1. The number of piperidine rings is 1. The van der Waals surface area contributed by atoms with Crippen LogP contribution < -0.4 is 11.1 Å². The van der Waals surface area contributed by atoms with Gasteiger partial charge in [0, 0.05) is 31.4 Å². The van der Waals surface area contributed by atoms with Crippen molar-refractivity contribution in [2.75, 3.05) is 31.6 Å². The number of thioether (sulfide) groups is 1. The van der Waals surface area contributed by atoms with Gasteiger partial charge in [0.15, 0.2) is 0 Å². The van der Waals surface area contributed by atoms with Crippen LogP contribution >= 0.6 is 11.8 Å². The van der Waals surface area contributed by atoms with Gasteiger partial charge in [0.1, 0.15) is 0 Å². The van der Waals surface area contributed by atoms with Crippen LogP contribution in [0.4, 0.5) is 4.79 Å². The standard InChI is InChI=1S/C11H23N3O2S/c1-11(16,8-17-2)7-13-9-3-5-14(6-4-9)10(12)15/h9,13,16H,3-8H2,1-2H3,(H2,12,15). The van der Waals surface area contributed by atoms with E-state index in [9.17, 15) is 9.90 Å². The van der Waals surface area contributed by atoms with E-state index in [1.54, 1.807) is 16.7 Å². The maximum Gasteiger partial charge on any atom is 0.314 e. The first-order valence-corrected chi connectivity index (χ1v) is 7.33. The van der Waals surface area contributed by atoms with E-state index in [-0.39, 0.29) is 6.03 Å². The number of hydrogen-bond donors (Lipinski definition) is 3. The molecule has 0 saturated carbocycles. The summed E-state index contributed by atoms with van der Waals surface area (Å²) >= 11 is 1.64. The number of nitrogens with two attached hydrogens (primary N) is 1. The summed E-state index contributed by atoms with van der Waals surface area (Å²) in [6.45, 7) is 3.85. The van der Waals surface area contributed by atoms with E-state index >= 15 is 0 Å². The summed E-state index contributed by atoms with van der Waals surface area (Å²) in [4.78, 5) is 12.6. The second kappa shape index (κ2) is 6.47. The summed E-state index contributed by atoms with van der Waals surface area (Å²) in [5.74, 6) is 0.722. The predicted molar refractivity (Wildman–Crippen MR) is 71.2 cm³/mol. The van der Waals surface area contributed by atoms with Gasteiger partial charge in [0.25, 0.3) is 0 Å². The molecule has 100 valence electrons. The maximum atomic E-state index is 10.9. The molecule has 1 aliphatic rings. The van der Waals surface area contributed by atoms with Crippen LogP contribution in [-0.2, 0) is 0 Å². The molecular formula is C11H23N3O2S. The smallest absolute Gasteiger partial charge is 0.314 e. The molecule has 0 spiro atoms. The molecule has 2 amide bonds. The molecule has 0 bridgehead atoms. The highest BCUT2D eigenvalue weighted by molar-refractivity contribution is 7.98. The first-order chi connectivity index (χ1) is 7.94. The molecular weight excluding hydrogens is 238 g/mol. The molecule has 5 nitrogen and oxygen atoms in total. The zero-order chi connectivity index (χ0) is 12.9. The van der Waals surface area contributed by atoms with Gasteiger partial charge in [-0.05, 0) is 26.0 Å². The lowest BCUT2D eigenvalue weighted by atomic mass is 10.0. The number of likely N-dealkylation sites (tertiary alicyclic amines) is 1. The molecule has 0 radical (unpaired) electrons. The highest BCUT2D eigenvalue weighted by Gasteiger charge is 2.24. The van der Waals surface area contributed by atoms with Crippen molar-refractivity contribution in [3.05, 3.63) is 0 Å². The second-order valence-electron chi connectivity index (χ2n) is 4.91. The number of carbonyl (C=O) groups excluding carboxylic acids is 1. The average molecular weight is 261 g/mol. The van der Waals surface area contributed by atoms with Gasteiger partial charge in [0.05, 0.1) is 5.60 Å². The average Bonchev–Trinajstić information content (AvgIpc) is 2.27. The molecule has 1 saturated heterocycles. The van der Waals surface area contributed by atoms with E-state index in [0.29, 0.717) is 25.7 Å². The topological polar surface area (TPSA) is 78.6 Å².